The van der Waals surface area contributed by atoms with Crippen LogP contribution < -0.4 is 10.1 Å². The van der Waals surface area contributed by atoms with E-state index in [-0.39, 0.29) is 37.3 Å². The number of benzene rings is 1. The van der Waals surface area contributed by atoms with Gasteiger partial charge in [-0.05, 0) is 25.0 Å². The van der Waals surface area contributed by atoms with Crippen LogP contribution in [-0.2, 0) is 14.8 Å². The lowest BCUT2D eigenvalue weighted by atomic mass is 9.89. The lowest BCUT2D eigenvalue weighted by Gasteiger charge is -2.33. The number of carbonyl (C=O) groups excluding carboxylic acids is 1. The summed E-state index contributed by atoms with van der Waals surface area (Å²) in [5.41, 5.74) is -0.869. The Hall–Kier alpha value is -2.40. The predicted octanol–water partition coefficient (Wildman–Crippen LogP) is 1.77. The summed E-state index contributed by atoms with van der Waals surface area (Å²) < 4.78 is 65.9. The van der Waals surface area contributed by atoms with Crippen molar-refractivity contribution >= 4 is 21.8 Å². The Kier molecular flexibility index (Phi) is 4.76. The van der Waals surface area contributed by atoms with Crippen molar-refractivity contribution in [3.63, 3.8) is 0 Å². The van der Waals surface area contributed by atoms with Crippen molar-refractivity contribution in [2.45, 2.75) is 24.7 Å². The van der Waals surface area contributed by atoms with Gasteiger partial charge in [0.05, 0.1) is 0 Å². The maximum atomic E-state index is 12.4. The zero-order valence-electron chi connectivity index (χ0n) is 14.0. The molecule has 2 aliphatic rings. The number of nitrogens with zero attached hydrogens (tertiary/aromatic N) is 2. The molecule has 146 valence electrons. The Morgan fingerprint density at radius 3 is 2.56 bits per heavy atom. The molecule has 1 aromatic carbocycles. The zero-order chi connectivity index (χ0) is 19.9. The van der Waals surface area contributed by atoms with Crippen LogP contribution in [0.15, 0.2) is 41.2 Å². The highest BCUT2D eigenvalue weighted by atomic mass is 32.2. The van der Waals surface area contributed by atoms with E-state index in [0.29, 0.717) is 0 Å². The van der Waals surface area contributed by atoms with Gasteiger partial charge in [-0.2, -0.15) is 4.31 Å². The standard InChI is InChI=1S/C16H16F3N3O4S/c1-2-27(24,25)22-8-6-15(7-9-22)14(23)20-13(21-15)11-4-3-5-12(10-11)26-16(17,18)19/h2-5,10H,1,6-9H2,(H,20,21,23). The number of amidine groups is 1. The van der Waals surface area contributed by atoms with Crippen LogP contribution in [0.25, 0.3) is 0 Å². The molecular weight excluding hydrogens is 387 g/mol. The minimum absolute atomic E-state index is 0.0930. The molecule has 0 bridgehead atoms. The van der Waals surface area contributed by atoms with Gasteiger partial charge in [0.15, 0.2) is 0 Å². The van der Waals surface area contributed by atoms with Crippen LogP contribution in [0.5, 0.6) is 5.75 Å². The third-order valence-electron chi connectivity index (χ3n) is 4.44. The number of amides is 1. The number of nitrogens with one attached hydrogen (secondary N) is 1. The summed E-state index contributed by atoms with van der Waals surface area (Å²) in [6, 6.07) is 5.12. The van der Waals surface area contributed by atoms with E-state index in [0.717, 1.165) is 17.5 Å². The second kappa shape index (κ2) is 6.64. The first-order valence-electron chi connectivity index (χ1n) is 7.95. The third kappa shape index (κ3) is 3.98. The molecule has 1 N–H and O–H groups in total. The highest BCUT2D eigenvalue weighted by Crippen LogP contribution is 2.33. The summed E-state index contributed by atoms with van der Waals surface area (Å²) in [5, 5.41) is 3.42. The molecule has 2 aliphatic heterocycles. The molecule has 0 atom stereocenters. The van der Waals surface area contributed by atoms with Gasteiger partial charge in [-0.15, -0.1) is 13.2 Å². The van der Waals surface area contributed by atoms with Gasteiger partial charge in [0, 0.05) is 24.1 Å². The first-order chi connectivity index (χ1) is 12.5. The van der Waals surface area contributed by atoms with Crippen LogP contribution in [0, 0.1) is 0 Å². The van der Waals surface area contributed by atoms with Gasteiger partial charge in [0.25, 0.3) is 5.91 Å². The quantitative estimate of drug-likeness (QED) is 0.830. The molecule has 1 spiro atoms. The van der Waals surface area contributed by atoms with E-state index < -0.39 is 33.6 Å². The monoisotopic (exact) mass is 403 g/mol. The first kappa shape index (κ1) is 19.4. The van der Waals surface area contributed by atoms with E-state index in [4.69, 9.17) is 0 Å². The molecule has 2 heterocycles. The molecule has 0 aliphatic carbocycles. The second-order valence-corrected chi connectivity index (χ2v) is 8.01. The molecule has 1 fully saturated rings. The smallest absolute Gasteiger partial charge is 0.406 e. The van der Waals surface area contributed by atoms with E-state index in [1.807, 2.05) is 0 Å². The summed E-state index contributed by atoms with van der Waals surface area (Å²) >= 11 is 0. The van der Waals surface area contributed by atoms with Gasteiger partial charge in [-0.3, -0.25) is 9.79 Å². The fraction of sp³-hybridized carbons (Fsp3) is 0.375. The number of hydrogen-bond acceptors (Lipinski definition) is 5. The van der Waals surface area contributed by atoms with Gasteiger partial charge < -0.3 is 10.1 Å². The number of ether oxygens (including phenoxy) is 1. The van der Waals surface area contributed by atoms with Crippen molar-refractivity contribution in [1.82, 2.24) is 9.62 Å². The zero-order valence-corrected chi connectivity index (χ0v) is 14.8. The molecular formula is C16H16F3N3O4S. The van der Waals surface area contributed by atoms with Gasteiger partial charge in [0.1, 0.15) is 17.1 Å². The maximum Gasteiger partial charge on any atom is 0.573 e. The molecule has 0 radical (unpaired) electrons. The molecule has 7 nitrogen and oxygen atoms in total. The van der Waals surface area contributed by atoms with Crippen molar-refractivity contribution in [3.8, 4) is 5.75 Å². The van der Waals surface area contributed by atoms with Crippen LogP contribution in [0.4, 0.5) is 13.2 Å². The third-order valence-corrected chi connectivity index (χ3v) is 5.95. The van der Waals surface area contributed by atoms with Crippen molar-refractivity contribution in [2.24, 2.45) is 4.99 Å². The summed E-state index contributed by atoms with van der Waals surface area (Å²) in [4.78, 5) is 16.8. The molecule has 1 saturated heterocycles. The summed E-state index contributed by atoms with van der Waals surface area (Å²) in [7, 11) is -3.58. The fourth-order valence-electron chi connectivity index (χ4n) is 3.05. The average Bonchev–Trinajstić information content (AvgIpc) is 2.90. The minimum atomic E-state index is -4.83. The molecule has 3 rings (SSSR count). The van der Waals surface area contributed by atoms with Crippen molar-refractivity contribution in [3.05, 3.63) is 41.8 Å². The normalized spacial score (nSPS) is 20.3. The number of rotatable bonds is 4. The van der Waals surface area contributed by atoms with E-state index in [1.54, 1.807) is 0 Å². The molecule has 0 saturated carbocycles. The number of alkyl halides is 3. The Balaban J connectivity index is 1.81. The van der Waals surface area contributed by atoms with Crippen LogP contribution in [0.3, 0.4) is 0 Å². The van der Waals surface area contributed by atoms with E-state index in [2.05, 4.69) is 21.6 Å². The van der Waals surface area contributed by atoms with Crippen LogP contribution in [0.2, 0.25) is 0 Å². The summed E-state index contributed by atoms with van der Waals surface area (Å²) in [5.74, 6) is -0.701. The second-order valence-electron chi connectivity index (χ2n) is 6.13. The molecule has 1 amide bonds. The average molecular weight is 403 g/mol. The lowest BCUT2D eigenvalue weighted by Crippen LogP contribution is -2.50. The van der Waals surface area contributed by atoms with Gasteiger partial charge in [0.2, 0.25) is 10.0 Å². The van der Waals surface area contributed by atoms with Crippen LogP contribution in [-0.4, -0.2) is 49.5 Å². The Labute approximate surface area is 153 Å². The lowest BCUT2D eigenvalue weighted by molar-refractivity contribution is -0.274. The number of sulfonamides is 1. The van der Waals surface area contributed by atoms with E-state index in [1.165, 1.54) is 16.4 Å². The van der Waals surface area contributed by atoms with E-state index in [9.17, 15) is 26.4 Å². The summed E-state index contributed by atoms with van der Waals surface area (Å²) in [6.45, 7) is 3.45. The maximum absolute atomic E-state index is 12.4. The van der Waals surface area contributed by atoms with Gasteiger partial charge >= 0.3 is 6.36 Å². The Bertz CT molecular complexity index is 904. The summed E-state index contributed by atoms with van der Waals surface area (Å²) in [6.07, 6.45) is -4.51. The largest absolute Gasteiger partial charge is 0.573 e. The van der Waals surface area contributed by atoms with Crippen LogP contribution in [0.1, 0.15) is 18.4 Å². The number of halogens is 3. The molecule has 1 aromatic rings. The molecule has 0 aromatic heterocycles. The first-order valence-corrected chi connectivity index (χ1v) is 9.45. The highest BCUT2D eigenvalue weighted by molar-refractivity contribution is 7.92. The fourth-order valence-corrected chi connectivity index (χ4v) is 3.95. The molecule has 0 unspecified atom stereocenters. The Morgan fingerprint density at radius 2 is 1.96 bits per heavy atom. The van der Waals surface area contributed by atoms with Crippen LogP contribution >= 0.6 is 0 Å². The van der Waals surface area contributed by atoms with Crippen molar-refractivity contribution in [1.29, 1.82) is 0 Å². The number of aliphatic imine (C=N–C) groups is 1. The molecule has 27 heavy (non-hydrogen) atoms. The van der Waals surface area contributed by atoms with E-state index >= 15 is 0 Å². The highest BCUT2D eigenvalue weighted by Gasteiger charge is 2.47. The number of hydrogen-bond donors (Lipinski definition) is 1. The number of piperidine rings is 1. The SMILES string of the molecule is C=CS(=O)(=O)N1CCC2(CC1)N=C(c1cccc(OC(F)(F)F)c1)NC2=O. The van der Waals surface area contributed by atoms with Gasteiger partial charge in [-0.25, -0.2) is 8.42 Å². The van der Waals surface area contributed by atoms with Crippen molar-refractivity contribution < 1.29 is 31.1 Å². The Morgan fingerprint density at radius 1 is 1.30 bits per heavy atom. The van der Waals surface area contributed by atoms with Gasteiger partial charge in [-0.1, -0.05) is 18.7 Å². The molecule has 11 heteroatoms. The predicted molar refractivity (Wildman–Crippen MR) is 90.5 cm³/mol. The number of carbonyl (C=O) groups is 1. The minimum Gasteiger partial charge on any atom is -0.406 e. The topological polar surface area (TPSA) is 88.1 Å². The van der Waals surface area contributed by atoms with Crippen molar-refractivity contribution in [2.75, 3.05) is 13.1 Å².